The Bertz CT molecular complexity index is 1080. The lowest BCUT2D eigenvalue weighted by Crippen LogP contribution is -2.34. The van der Waals surface area contributed by atoms with Crippen molar-refractivity contribution < 1.29 is 28.5 Å². The van der Waals surface area contributed by atoms with E-state index < -0.39 is 6.10 Å². The number of ether oxygens (including phenoxy) is 4. The molecule has 0 spiro atoms. The topological polar surface area (TPSA) is 86.3 Å². The van der Waals surface area contributed by atoms with Crippen LogP contribution >= 0.6 is 34.8 Å². The van der Waals surface area contributed by atoms with Gasteiger partial charge in [0.25, 0.3) is 0 Å². The lowest BCUT2D eigenvalue weighted by Gasteiger charge is -2.27. The number of methoxy groups -OCH3 is 1. The summed E-state index contributed by atoms with van der Waals surface area (Å²) < 4.78 is 23.2. The van der Waals surface area contributed by atoms with E-state index in [1.165, 1.54) is 0 Å². The molecule has 33 heavy (non-hydrogen) atoms. The maximum absolute atomic E-state index is 12.1. The molecule has 2 heterocycles. The zero-order valence-corrected chi connectivity index (χ0v) is 19.9. The van der Waals surface area contributed by atoms with Gasteiger partial charge >= 0.3 is 0 Å². The molecule has 0 aromatic heterocycles. The molecule has 1 atom stereocenters. The summed E-state index contributed by atoms with van der Waals surface area (Å²) in [7, 11) is 1.56. The van der Waals surface area contributed by atoms with Crippen LogP contribution in [0.1, 0.15) is 5.56 Å². The summed E-state index contributed by atoms with van der Waals surface area (Å²) in [6.45, 7) is 0.958. The molecule has 4 rings (SSSR count). The summed E-state index contributed by atoms with van der Waals surface area (Å²) in [6, 6.07) is 6.81. The first kappa shape index (κ1) is 23.6. The number of benzene rings is 2. The van der Waals surface area contributed by atoms with Crippen LogP contribution in [0.4, 0.5) is 11.4 Å². The maximum Gasteiger partial charge on any atom is 0.241 e. The van der Waals surface area contributed by atoms with E-state index in [1.54, 1.807) is 30.2 Å². The Labute approximate surface area is 205 Å². The zero-order chi connectivity index (χ0) is 23.5. The Morgan fingerprint density at radius 3 is 2.70 bits per heavy atom. The minimum atomic E-state index is -0.436. The molecule has 2 amide bonds. The first-order valence-electron chi connectivity index (χ1n) is 10.1. The average molecular weight is 516 g/mol. The fourth-order valence-corrected chi connectivity index (χ4v) is 4.09. The summed E-state index contributed by atoms with van der Waals surface area (Å²) in [4.78, 5) is 25.4. The van der Waals surface area contributed by atoms with Gasteiger partial charge in [0.05, 0.1) is 23.5 Å². The van der Waals surface area contributed by atoms with Gasteiger partial charge < -0.3 is 29.2 Å². The standard InChI is InChI=1S/C22H21Cl3N2O6/c1-30-17-4-12-2-3-27(22(29)9-24)16(12)7-19(17)32-11-13-10-31-18-5-14(25)15(6-20(18)33-13)26-21(28)8-23/h4-7,13H,2-3,8-11H2,1H3,(H,26,28). The van der Waals surface area contributed by atoms with Gasteiger partial charge in [-0.05, 0) is 18.1 Å². The number of nitrogens with one attached hydrogen (secondary N) is 1. The molecule has 0 aliphatic carbocycles. The number of nitrogens with zero attached hydrogens (tertiary/aromatic N) is 1. The number of halogens is 3. The van der Waals surface area contributed by atoms with Crippen molar-refractivity contribution in [1.29, 1.82) is 0 Å². The molecule has 0 saturated heterocycles. The van der Waals surface area contributed by atoms with Gasteiger partial charge in [-0.25, -0.2) is 0 Å². The number of carbonyl (C=O) groups is 2. The summed E-state index contributed by atoms with van der Waals surface area (Å²) >= 11 is 17.5. The fourth-order valence-electron chi connectivity index (χ4n) is 3.68. The quantitative estimate of drug-likeness (QED) is 0.564. The lowest BCUT2D eigenvalue weighted by atomic mass is 10.1. The predicted octanol–water partition coefficient (Wildman–Crippen LogP) is 3.87. The van der Waals surface area contributed by atoms with Crippen molar-refractivity contribution in [3.63, 3.8) is 0 Å². The molecule has 2 aromatic rings. The van der Waals surface area contributed by atoms with Gasteiger partial charge in [0.15, 0.2) is 29.1 Å². The molecule has 2 aliphatic heterocycles. The second kappa shape index (κ2) is 10.2. The van der Waals surface area contributed by atoms with Crippen molar-refractivity contribution in [3.05, 3.63) is 34.9 Å². The van der Waals surface area contributed by atoms with Crippen molar-refractivity contribution >= 4 is 58.0 Å². The summed E-state index contributed by atoms with van der Waals surface area (Å²) in [6.07, 6.45) is 0.282. The van der Waals surface area contributed by atoms with Crippen molar-refractivity contribution in [2.24, 2.45) is 0 Å². The number of fused-ring (bicyclic) bond motifs is 2. The molecule has 0 radical (unpaired) electrons. The monoisotopic (exact) mass is 514 g/mol. The second-order valence-corrected chi connectivity index (χ2v) is 8.32. The highest BCUT2D eigenvalue weighted by Gasteiger charge is 2.28. The maximum atomic E-state index is 12.1. The largest absolute Gasteiger partial charge is 0.493 e. The highest BCUT2D eigenvalue weighted by Crippen LogP contribution is 2.41. The molecular weight excluding hydrogens is 495 g/mol. The number of hydrogen-bond acceptors (Lipinski definition) is 6. The Hall–Kier alpha value is -2.55. The molecule has 0 saturated carbocycles. The molecule has 1 unspecified atom stereocenters. The van der Waals surface area contributed by atoms with Crippen molar-refractivity contribution in [1.82, 2.24) is 0 Å². The molecule has 11 heteroatoms. The van der Waals surface area contributed by atoms with E-state index >= 15 is 0 Å². The Morgan fingerprint density at radius 2 is 1.97 bits per heavy atom. The van der Waals surface area contributed by atoms with E-state index in [9.17, 15) is 9.59 Å². The molecule has 8 nitrogen and oxygen atoms in total. The minimum absolute atomic E-state index is 0.0916. The molecule has 2 aromatic carbocycles. The second-order valence-electron chi connectivity index (χ2n) is 7.38. The van der Waals surface area contributed by atoms with Crippen LogP contribution in [0.25, 0.3) is 0 Å². The van der Waals surface area contributed by atoms with Gasteiger partial charge in [-0.15, -0.1) is 23.2 Å². The zero-order valence-electron chi connectivity index (χ0n) is 17.7. The van der Waals surface area contributed by atoms with Crippen LogP contribution < -0.4 is 29.2 Å². The van der Waals surface area contributed by atoms with E-state index in [4.69, 9.17) is 53.8 Å². The molecule has 176 valence electrons. The van der Waals surface area contributed by atoms with Gasteiger partial charge in [0.2, 0.25) is 11.8 Å². The molecule has 0 bridgehead atoms. The number of amides is 2. The van der Waals surface area contributed by atoms with Crippen LogP contribution in [-0.2, 0) is 16.0 Å². The first-order valence-corrected chi connectivity index (χ1v) is 11.6. The van der Waals surface area contributed by atoms with Gasteiger partial charge in [0.1, 0.15) is 25.0 Å². The Morgan fingerprint density at radius 1 is 1.15 bits per heavy atom. The third-order valence-corrected chi connectivity index (χ3v) is 6.03. The van der Waals surface area contributed by atoms with E-state index in [0.717, 1.165) is 17.7 Å². The minimum Gasteiger partial charge on any atom is -0.493 e. The lowest BCUT2D eigenvalue weighted by molar-refractivity contribution is -0.116. The SMILES string of the molecule is COc1cc2c(cc1OCC1COc3cc(Cl)c(NC(=O)CCl)cc3O1)N(C(=O)CCl)CC2. The van der Waals surface area contributed by atoms with Gasteiger partial charge in [-0.2, -0.15) is 0 Å². The normalized spacial score (nSPS) is 16.2. The molecule has 2 aliphatic rings. The van der Waals surface area contributed by atoms with Crippen molar-refractivity contribution in [2.45, 2.75) is 12.5 Å². The molecule has 0 fully saturated rings. The van der Waals surface area contributed by atoms with Crippen LogP contribution in [0.5, 0.6) is 23.0 Å². The van der Waals surface area contributed by atoms with Crippen LogP contribution in [-0.4, -0.2) is 56.5 Å². The Kier molecular flexibility index (Phi) is 7.26. The van der Waals surface area contributed by atoms with Gasteiger partial charge in [-0.3, -0.25) is 9.59 Å². The van der Waals surface area contributed by atoms with E-state index in [-0.39, 0.29) is 36.8 Å². The average Bonchev–Trinajstić information content (AvgIpc) is 3.24. The van der Waals surface area contributed by atoms with Crippen LogP contribution in [0.3, 0.4) is 0 Å². The number of hydrogen-bond donors (Lipinski definition) is 1. The van der Waals surface area contributed by atoms with Crippen molar-refractivity contribution in [3.8, 4) is 23.0 Å². The highest BCUT2D eigenvalue weighted by atomic mass is 35.5. The number of carbonyl (C=O) groups excluding carboxylic acids is 2. The van der Waals surface area contributed by atoms with Crippen LogP contribution in [0.2, 0.25) is 5.02 Å². The fraction of sp³-hybridized carbons (Fsp3) is 0.364. The number of alkyl halides is 2. The van der Waals surface area contributed by atoms with E-state index in [1.807, 2.05) is 6.07 Å². The highest BCUT2D eigenvalue weighted by molar-refractivity contribution is 6.35. The van der Waals surface area contributed by atoms with Crippen LogP contribution in [0.15, 0.2) is 24.3 Å². The molecular formula is C22H21Cl3N2O6. The van der Waals surface area contributed by atoms with Crippen molar-refractivity contribution in [2.75, 3.05) is 48.8 Å². The summed E-state index contributed by atoms with van der Waals surface area (Å²) in [5.41, 5.74) is 2.12. The first-order chi connectivity index (χ1) is 15.9. The van der Waals surface area contributed by atoms with E-state index in [0.29, 0.717) is 40.3 Å². The number of rotatable bonds is 7. The third-order valence-electron chi connectivity index (χ3n) is 5.25. The summed E-state index contributed by atoms with van der Waals surface area (Å²) in [5, 5.41) is 2.92. The summed E-state index contributed by atoms with van der Waals surface area (Å²) in [5.74, 6) is 1.08. The van der Waals surface area contributed by atoms with Gasteiger partial charge in [0, 0.05) is 24.7 Å². The van der Waals surface area contributed by atoms with Crippen LogP contribution in [0, 0.1) is 0 Å². The van der Waals surface area contributed by atoms with Gasteiger partial charge in [-0.1, -0.05) is 11.6 Å². The Balaban J connectivity index is 1.48. The third kappa shape index (κ3) is 5.03. The smallest absolute Gasteiger partial charge is 0.241 e. The van der Waals surface area contributed by atoms with E-state index in [2.05, 4.69) is 5.32 Å². The number of anilines is 2. The molecule has 1 N–H and O–H groups in total. The predicted molar refractivity (Wildman–Crippen MR) is 126 cm³/mol.